The molecule has 0 N–H and O–H groups in total. The van der Waals surface area contributed by atoms with E-state index in [2.05, 4.69) is 77.3 Å². The fraction of sp³-hybridized carbons (Fsp3) is 0.200. The van der Waals surface area contributed by atoms with E-state index in [9.17, 15) is 0 Å². The van der Waals surface area contributed by atoms with Gasteiger partial charge in [-0.1, -0.05) is 46.3 Å². The van der Waals surface area contributed by atoms with Gasteiger partial charge in [0.1, 0.15) is 0 Å². The van der Waals surface area contributed by atoms with Crippen LogP contribution in [-0.2, 0) is 6.54 Å². The van der Waals surface area contributed by atoms with Crippen molar-refractivity contribution in [2.45, 2.75) is 13.5 Å². The molecule has 0 unspecified atom stereocenters. The molecule has 0 aromatic heterocycles. The molecule has 0 fully saturated rings. The molecule has 0 bridgehead atoms. The Bertz CT molecular complexity index is 494. The summed E-state index contributed by atoms with van der Waals surface area (Å²) in [6.07, 6.45) is 0. The number of hydrogen-bond acceptors (Lipinski definition) is 1. The summed E-state index contributed by atoms with van der Waals surface area (Å²) in [5.41, 5.74) is 3.84. The van der Waals surface area contributed by atoms with Crippen molar-refractivity contribution in [3.63, 3.8) is 0 Å². The van der Waals surface area contributed by atoms with Gasteiger partial charge in [-0.05, 0) is 36.2 Å². The number of aryl methyl sites for hydroxylation is 1. The topological polar surface area (TPSA) is 3.24 Å². The van der Waals surface area contributed by atoms with Gasteiger partial charge in [-0.3, -0.25) is 0 Å². The number of anilines is 1. The van der Waals surface area contributed by atoms with Gasteiger partial charge in [0.15, 0.2) is 0 Å². The van der Waals surface area contributed by atoms with E-state index in [1.807, 2.05) is 6.07 Å². The SMILES string of the molecule is Cc1cc(N(C)Cc2ccccc2)ccc1Br. The van der Waals surface area contributed by atoms with E-state index in [0.717, 1.165) is 11.0 Å². The molecule has 88 valence electrons. The molecule has 1 nitrogen and oxygen atoms in total. The van der Waals surface area contributed by atoms with Gasteiger partial charge in [0.05, 0.1) is 0 Å². The smallest absolute Gasteiger partial charge is 0.0426 e. The Kier molecular flexibility index (Phi) is 3.85. The lowest BCUT2D eigenvalue weighted by Gasteiger charge is -2.20. The number of benzene rings is 2. The van der Waals surface area contributed by atoms with Crippen molar-refractivity contribution in [1.82, 2.24) is 0 Å². The van der Waals surface area contributed by atoms with Crippen molar-refractivity contribution in [3.05, 3.63) is 64.1 Å². The zero-order valence-corrected chi connectivity index (χ0v) is 11.7. The number of nitrogens with zero attached hydrogens (tertiary/aromatic N) is 1. The Labute approximate surface area is 111 Å². The van der Waals surface area contributed by atoms with Crippen LogP contribution in [0.4, 0.5) is 5.69 Å². The van der Waals surface area contributed by atoms with Gasteiger partial charge in [-0.25, -0.2) is 0 Å². The highest BCUT2D eigenvalue weighted by Crippen LogP contribution is 2.23. The minimum absolute atomic E-state index is 0.932. The standard InChI is InChI=1S/C15H16BrN/c1-12-10-14(8-9-15(12)16)17(2)11-13-6-4-3-5-7-13/h3-10H,11H2,1-2H3. The van der Waals surface area contributed by atoms with E-state index in [-0.39, 0.29) is 0 Å². The highest BCUT2D eigenvalue weighted by Gasteiger charge is 2.03. The van der Waals surface area contributed by atoms with Crippen LogP contribution in [0.5, 0.6) is 0 Å². The van der Waals surface area contributed by atoms with E-state index in [0.29, 0.717) is 0 Å². The number of hydrogen-bond donors (Lipinski definition) is 0. The molecule has 0 spiro atoms. The van der Waals surface area contributed by atoms with Gasteiger partial charge < -0.3 is 4.90 Å². The van der Waals surface area contributed by atoms with E-state index in [4.69, 9.17) is 0 Å². The zero-order valence-electron chi connectivity index (χ0n) is 10.2. The molecule has 2 aromatic carbocycles. The highest BCUT2D eigenvalue weighted by atomic mass is 79.9. The van der Waals surface area contributed by atoms with Gasteiger partial charge in [0.25, 0.3) is 0 Å². The minimum atomic E-state index is 0.932. The average molecular weight is 290 g/mol. The Morgan fingerprint density at radius 1 is 1.06 bits per heavy atom. The van der Waals surface area contributed by atoms with Crippen LogP contribution in [0.1, 0.15) is 11.1 Å². The lowest BCUT2D eigenvalue weighted by Crippen LogP contribution is -2.16. The Hall–Kier alpha value is -1.28. The molecule has 2 rings (SSSR count). The first-order chi connectivity index (χ1) is 8.16. The normalized spacial score (nSPS) is 10.3. The lowest BCUT2D eigenvalue weighted by atomic mass is 10.2. The molecule has 0 aliphatic carbocycles. The summed E-state index contributed by atoms with van der Waals surface area (Å²) in [4.78, 5) is 2.26. The average Bonchev–Trinajstić information content (AvgIpc) is 2.34. The monoisotopic (exact) mass is 289 g/mol. The first kappa shape index (κ1) is 12.2. The molecule has 0 saturated carbocycles. The van der Waals surface area contributed by atoms with Crippen LogP contribution in [0.3, 0.4) is 0 Å². The fourth-order valence-electron chi connectivity index (χ4n) is 1.81. The van der Waals surface area contributed by atoms with Gasteiger partial charge in [0, 0.05) is 23.8 Å². The molecular weight excluding hydrogens is 274 g/mol. The maximum atomic E-state index is 3.53. The second kappa shape index (κ2) is 5.37. The zero-order chi connectivity index (χ0) is 12.3. The molecule has 0 heterocycles. The molecule has 0 atom stereocenters. The third-order valence-corrected chi connectivity index (χ3v) is 3.73. The number of halogens is 1. The van der Waals surface area contributed by atoms with Gasteiger partial charge in [-0.15, -0.1) is 0 Å². The van der Waals surface area contributed by atoms with Gasteiger partial charge in [-0.2, -0.15) is 0 Å². The van der Waals surface area contributed by atoms with Gasteiger partial charge in [0.2, 0.25) is 0 Å². The molecular formula is C15H16BrN. The summed E-state index contributed by atoms with van der Waals surface area (Å²) in [6.45, 7) is 3.05. The summed E-state index contributed by atoms with van der Waals surface area (Å²) >= 11 is 3.53. The van der Waals surface area contributed by atoms with Gasteiger partial charge >= 0.3 is 0 Å². The molecule has 17 heavy (non-hydrogen) atoms. The summed E-state index contributed by atoms with van der Waals surface area (Å²) in [7, 11) is 2.12. The minimum Gasteiger partial charge on any atom is -0.370 e. The predicted molar refractivity (Wildman–Crippen MR) is 77.4 cm³/mol. The summed E-state index contributed by atoms with van der Waals surface area (Å²) in [5, 5.41) is 0. The quantitative estimate of drug-likeness (QED) is 0.810. The third-order valence-electron chi connectivity index (χ3n) is 2.84. The Morgan fingerprint density at radius 2 is 1.76 bits per heavy atom. The Balaban J connectivity index is 2.14. The molecule has 2 heteroatoms. The second-order valence-corrected chi connectivity index (χ2v) is 5.13. The first-order valence-corrected chi connectivity index (χ1v) is 6.47. The molecule has 0 radical (unpaired) electrons. The van der Waals surface area contributed by atoms with Crippen molar-refractivity contribution >= 4 is 21.6 Å². The fourth-order valence-corrected chi connectivity index (χ4v) is 2.06. The second-order valence-electron chi connectivity index (χ2n) is 4.28. The molecule has 0 amide bonds. The van der Waals surface area contributed by atoms with Crippen LogP contribution in [-0.4, -0.2) is 7.05 Å². The van der Waals surface area contributed by atoms with Crippen molar-refractivity contribution in [2.24, 2.45) is 0 Å². The van der Waals surface area contributed by atoms with Crippen LogP contribution in [0.2, 0.25) is 0 Å². The van der Waals surface area contributed by atoms with Crippen LogP contribution in [0, 0.1) is 6.92 Å². The van der Waals surface area contributed by atoms with E-state index in [1.54, 1.807) is 0 Å². The van der Waals surface area contributed by atoms with E-state index >= 15 is 0 Å². The van der Waals surface area contributed by atoms with E-state index in [1.165, 1.54) is 16.8 Å². The first-order valence-electron chi connectivity index (χ1n) is 5.68. The lowest BCUT2D eigenvalue weighted by molar-refractivity contribution is 0.922. The molecule has 0 aliphatic heterocycles. The molecule has 0 saturated heterocycles. The highest BCUT2D eigenvalue weighted by molar-refractivity contribution is 9.10. The van der Waals surface area contributed by atoms with Crippen LogP contribution < -0.4 is 4.90 Å². The van der Waals surface area contributed by atoms with Crippen molar-refractivity contribution in [3.8, 4) is 0 Å². The largest absolute Gasteiger partial charge is 0.370 e. The maximum absolute atomic E-state index is 3.53. The summed E-state index contributed by atoms with van der Waals surface area (Å²) in [6, 6.07) is 17.0. The van der Waals surface area contributed by atoms with Crippen LogP contribution in [0.25, 0.3) is 0 Å². The Morgan fingerprint density at radius 3 is 2.41 bits per heavy atom. The van der Waals surface area contributed by atoms with Crippen LogP contribution in [0.15, 0.2) is 53.0 Å². The summed E-state index contributed by atoms with van der Waals surface area (Å²) < 4.78 is 1.16. The number of rotatable bonds is 3. The molecule has 0 aliphatic rings. The van der Waals surface area contributed by atoms with Crippen molar-refractivity contribution < 1.29 is 0 Å². The summed E-state index contributed by atoms with van der Waals surface area (Å²) in [5.74, 6) is 0. The third kappa shape index (κ3) is 3.10. The molecule has 2 aromatic rings. The predicted octanol–water partition coefficient (Wildman–Crippen LogP) is 4.39. The van der Waals surface area contributed by atoms with E-state index < -0.39 is 0 Å². The maximum Gasteiger partial charge on any atom is 0.0426 e. The van der Waals surface area contributed by atoms with Crippen LogP contribution >= 0.6 is 15.9 Å². The van der Waals surface area contributed by atoms with Crippen molar-refractivity contribution in [1.29, 1.82) is 0 Å². The van der Waals surface area contributed by atoms with Crippen molar-refractivity contribution in [2.75, 3.05) is 11.9 Å².